The Balaban J connectivity index is 2.21. The highest BCUT2D eigenvalue weighted by molar-refractivity contribution is 5.46. The molecule has 3 nitrogen and oxygen atoms in total. The molecule has 1 fully saturated rings. The topological polar surface area (TPSA) is 24.5 Å². The number of hydrogen-bond donors (Lipinski definition) is 1. The molecule has 1 saturated heterocycles. The van der Waals surface area contributed by atoms with E-state index in [9.17, 15) is 0 Å². The molecule has 1 unspecified atom stereocenters. The Kier molecular flexibility index (Phi) is 3.40. The second-order valence-electron chi connectivity index (χ2n) is 5.39. The zero-order chi connectivity index (χ0) is 12.5. The van der Waals surface area contributed by atoms with Gasteiger partial charge in [-0.15, -0.1) is 0 Å². The zero-order valence-electron chi connectivity index (χ0n) is 11.2. The van der Waals surface area contributed by atoms with Gasteiger partial charge in [-0.2, -0.15) is 0 Å². The lowest BCUT2D eigenvalue weighted by Gasteiger charge is -2.39. The molecule has 1 heterocycles. The van der Waals surface area contributed by atoms with Gasteiger partial charge in [0.15, 0.2) is 0 Å². The summed E-state index contributed by atoms with van der Waals surface area (Å²) in [7, 11) is 4.11. The maximum atomic E-state index is 5.90. The second kappa shape index (κ2) is 4.67. The van der Waals surface area contributed by atoms with Crippen molar-refractivity contribution in [3.05, 3.63) is 29.8 Å². The number of rotatable bonds is 2. The van der Waals surface area contributed by atoms with E-state index in [2.05, 4.69) is 62.4 Å². The predicted octanol–water partition coefficient (Wildman–Crippen LogP) is 2.19. The minimum Gasteiger partial charge on any atom is -0.378 e. The van der Waals surface area contributed by atoms with Crippen LogP contribution in [0.2, 0.25) is 0 Å². The molecule has 2 rings (SSSR count). The van der Waals surface area contributed by atoms with Crippen molar-refractivity contribution in [3.8, 4) is 0 Å². The Morgan fingerprint density at radius 3 is 2.41 bits per heavy atom. The normalized spacial score (nSPS) is 23.4. The number of morpholine rings is 1. The van der Waals surface area contributed by atoms with Gasteiger partial charge in [0.2, 0.25) is 0 Å². The number of anilines is 1. The van der Waals surface area contributed by atoms with Crippen molar-refractivity contribution >= 4 is 5.69 Å². The van der Waals surface area contributed by atoms with Crippen LogP contribution in [0.4, 0.5) is 5.69 Å². The average Bonchev–Trinajstić information content (AvgIpc) is 2.28. The van der Waals surface area contributed by atoms with Crippen LogP contribution in [0.5, 0.6) is 0 Å². The minimum atomic E-state index is -0.00210. The lowest BCUT2D eigenvalue weighted by molar-refractivity contribution is -0.0388. The molecule has 1 atom stereocenters. The van der Waals surface area contributed by atoms with Gasteiger partial charge in [-0.05, 0) is 31.5 Å². The van der Waals surface area contributed by atoms with Crippen molar-refractivity contribution in [1.82, 2.24) is 5.32 Å². The molecule has 0 spiro atoms. The zero-order valence-corrected chi connectivity index (χ0v) is 11.2. The largest absolute Gasteiger partial charge is 0.378 e. The fraction of sp³-hybridized carbons (Fsp3) is 0.571. The Labute approximate surface area is 104 Å². The Morgan fingerprint density at radius 1 is 1.24 bits per heavy atom. The summed E-state index contributed by atoms with van der Waals surface area (Å²) < 4.78 is 5.90. The highest BCUT2D eigenvalue weighted by Gasteiger charge is 2.33. The van der Waals surface area contributed by atoms with Crippen LogP contribution in [0.25, 0.3) is 0 Å². The molecule has 0 aliphatic carbocycles. The molecule has 1 N–H and O–H groups in total. The van der Waals surface area contributed by atoms with Crippen molar-refractivity contribution < 1.29 is 4.74 Å². The minimum absolute atomic E-state index is 0.00210. The molecule has 1 aromatic carbocycles. The summed E-state index contributed by atoms with van der Waals surface area (Å²) in [6, 6.07) is 8.61. The van der Waals surface area contributed by atoms with Gasteiger partial charge in [-0.3, -0.25) is 0 Å². The molecule has 0 aromatic heterocycles. The highest BCUT2D eigenvalue weighted by atomic mass is 16.5. The van der Waals surface area contributed by atoms with Gasteiger partial charge in [0.1, 0.15) is 6.10 Å². The maximum absolute atomic E-state index is 5.90. The average molecular weight is 234 g/mol. The Hall–Kier alpha value is -1.06. The van der Waals surface area contributed by atoms with Crippen molar-refractivity contribution in [2.24, 2.45) is 0 Å². The Bertz CT molecular complexity index is 370. The van der Waals surface area contributed by atoms with Crippen LogP contribution in [0.3, 0.4) is 0 Å². The van der Waals surface area contributed by atoms with Crippen LogP contribution in [0.1, 0.15) is 25.5 Å². The third-order valence-corrected chi connectivity index (χ3v) is 3.33. The summed E-state index contributed by atoms with van der Waals surface area (Å²) in [5.41, 5.74) is 2.46. The number of nitrogens with one attached hydrogen (secondary N) is 1. The van der Waals surface area contributed by atoms with Crippen LogP contribution in [-0.2, 0) is 4.74 Å². The lowest BCUT2D eigenvalue weighted by Crippen LogP contribution is -2.51. The first-order chi connectivity index (χ1) is 8.00. The quantitative estimate of drug-likeness (QED) is 0.849. The molecule has 0 amide bonds. The van der Waals surface area contributed by atoms with E-state index in [0.717, 1.165) is 13.2 Å². The first-order valence-electron chi connectivity index (χ1n) is 6.14. The van der Waals surface area contributed by atoms with Crippen molar-refractivity contribution in [1.29, 1.82) is 0 Å². The molecule has 1 aliphatic rings. The molecule has 0 radical (unpaired) electrons. The molecule has 3 heteroatoms. The number of benzene rings is 1. The molecule has 0 saturated carbocycles. The van der Waals surface area contributed by atoms with Crippen LogP contribution in [0, 0.1) is 0 Å². The summed E-state index contributed by atoms with van der Waals surface area (Å²) in [6.07, 6.45) is 0.132. The van der Waals surface area contributed by atoms with E-state index in [0.29, 0.717) is 0 Å². The van der Waals surface area contributed by atoms with Crippen LogP contribution in [0.15, 0.2) is 24.3 Å². The van der Waals surface area contributed by atoms with Crippen molar-refractivity contribution in [2.75, 3.05) is 32.1 Å². The standard InChI is InChI=1S/C14H22N2O/c1-14(2)13(17-10-9-15-14)11-5-7-12(8-6-11)16(3)4/h5-8,13,15H,9-10H2,1-4H3. The number of hydrogen-bond acceptors (Lipinski definition) is 3. The third-order valence-electron chi connectivity index (χ3n) is 3.33. The monoisotopic (exact) mass is 234 g/mol. The van der Waals surface area contributed by atoms with Gasteiger partial charge < -0.3 is 15.0 Å². The number of nitrogens with zero attached hydrogens (tertiary/aromatic N) is 1. The Morgan fingerprint density at radius 2 is 1.88 bits per heavy atom. The summed E-state index contributed by atoms with van der Waals surface area (Å²) in [4.78, 5) is 2.11. The van der Waals surface area contributed by atoms with E-state index in [1.54, 1.807) is 0 Å². The van der Waals surface area contributed by atoms with Crippen molar-refractivity contribution in [2.45, 2.75) is 25.5 Å². The molecule has 1 aromatic rings. The van der Waals surface area contributed by atoms with Crippen molar-refractivity contribution in [3.63, 3.8) is 0 Å². The fourth-order valence-electron chi connectivity index (χ4n) is 2.31. The van der Waals surface area contributed by atoms with E-state index in [1.807, 2.05) is 0 Å². The van der Waals surface area contributed by atoms with Gasteiger partial charge in [0, 0.05) is 31.9 Å². The van der Waals surface area contributed by atoms with Gasteiger partial charge in [0.25, 0.3) is 0 Å². The summed E-state index contributed by atoms with van der Waals surface area (Å²) in [5.74, 6) is 0. The van der Waals surface area contributed by atoms with E-state index in [4.69, 9.17) is 4.74 Å². The predicted molar refractivity (Wildman–Crippen MR) is 71.5 cm³/mol. The van der Waals surface area contributed by atoms with E-state index < -0.39 is 0 Å². The van der Waals surface area contributed by atoms with Gasteiger partial charge in [0.05, 0.1) is 6.61 Å². The second-order valence-corrected chi connectivity index (χ2v) is 5.39. The maximum Gasteiger partial charge on any atom is 0.100 e. The molecular weight excluding hydrogens is 212 g/mol. The molecule has 0 bridgehead atoms. The smallest absolute Gasteiger partial charge is 0.100 e. The first-order valence-corrected chi connectivity index (χ1v) is 6.14. The summed E-state index contributed by atoms with van der Waals surface area (Å²) in [6.45, 7) is 6.09. The first kappa shape index (κ1) is 12.4. The van der Waals surface area contributed by atoms with Crippen LogP contribution < -0.4 is 10.2 Å². The SMILES string of the molecule is CN(C)c1ccc(C2OCCNC2(C)C)cc1. The highest BCUT2D eigenvalue weighted by Crippen LogP contribution is 2.32. The molecular formula is C14H22N2O. The van der Waals surface area contributed by atoms with Gasteiger partial charge in [-0.1, -0.05) is 12.1 Å². The summed E-state index contributed by atoms with van der Waals surface area (Å²) in [5, 5.41) is 3.51. The van der Waals surface area contributed by atoms with E-state index in [1.165, 1.54) is 11.3 Å². The molecule has 94 valence electrons. The van der Waals surface area contributed by atoms with Crippen LogP contribution in [-0.4, -0.2) is 32.8 Å². The fourth-order valence-corrected chi connectivity index (χ4v) is 2.31. The molecule has 1 aliphatic heterocycles. The van der Waals surface area contributed by atoms with E-state index in [-0.39, 0.29) is 11.6 Å². The number of ether oxygens (including phenoxy) is 1. The summed E-state index contributed by atoms with van der Waals surface area (Å²) >= 11 is 0. The lowest BCUT2D eigenvalue weighted by atomic mass is 9.90. The van der Waals surface area contributed by atoms with E-state index >= 15 is 0 Å². The van der Waals surface area contributed by atoms with Gasteiger partial charge >= 0.3 is 0 Å². The van der Waals surface area contributed by atoms with Crippen LogP contribution >= 0.6 is 0 Å². The van der Waals surface area contributed by atoms with Gasteiger partial charge in [-0.25, -0.2) is 0 Å². The molecule has 17 heavy (non-hydrogen) atoms. The third kappa shape index (κ3) is 2.61.